The van der Waals surface area contributed by atoms with Crippen molar-refractivity contribution in [2.45, 2.75) is 40.0 Å². The first kappa shape index (κ1) is 21.2. The minimum Gasteiger partial charge on any atom is -0.493 e. The van der Waals surface area contributed by atoms with Crippen molar-refractivity contribution in [3.8, 4) is 11.5 Å². The van der Waals surface area contributed by atoms with Gasteiger partial charge in [-0.25, -0.2) is 0 Å². The van der Waals surface area contributed by atoms with Gasteiger partial charge < -0.3 is 9.47 Å². The second-order valence-electron chi connectivity index (χ2n) is 6.74. The van der Waals surface area contributed by atoms with Gasteiger partial charge in [-0.2, -0.15) is 0 Å². The average molecular weight is 414 g/mol. The number of amides is 2. The van der Waals surface area contributed by atoms with E-state index in [4.69, 9.17) is 9.47 Å². The summed E-state index contributed by atoms with van der Waals surface area (Å²) in [7, 11) is 0. The Bertz CT molecular complexity index is 938. The Morgan fingerprint density at radius 2 is 1.72 bits per heavy atom. The minimum absolute atomic E-state index is 0.197. The van der Waals surface area contributed by atoms with Gasteiger partial charge in [0.15, 0.2) is 0 Å². The van der Waals surface area contributed by atoms with Gasteiger partial charge in [-0.1, -0.05) is 38.0 Å². The molecule has 6 heteroatoms. The van der Waals surface area contributed by atoms with E-state index < -0.39 is 0 Å². The van der Waals surface area contributed by atoms with E-state index in [0.29, 0.717) is 24.7 Å². The van der Waals surface area contributed by atoms with Crippen LogP contribution in [-0.4, -0.2) is 35.8 Å². The molecule has 0 aromatic heterocycles. The standard InChI is InChI=1S/C23H27NO4S/c1-4-7-8-14-24-22(25)20(29-23(24)26)15-16-12-13-18(27-5-2)17-10-9-11-19(21(16)17)28-6-3/h9-13,15H,4-8,14H2,1-3H3/b20-15-. The number of fused-ring (bicyclic) bond motifs is 1. The van der Waals surface area contributed by atoms with E-state index in [-0.39, 0.29) is 11.1 Å². The number of hydrogen-bond acceptors (Lipinski definition) is 5. The van der Waals surface area contributed by atoms with Crippen LogP contribution in [0.2, 0.25) is 0 Å². The zero-order chi connectivity index (χ0) is 20.8. The first-order chi connectivity index (χ1) is 14.1. The number of carbonyl (C=O) groups is 2. The predicted molar refractivity (Wildman–Crippen MR) is 118 cm³/mol. The molecule has 0 spiro atoms. The van der Waals surface area contributed by atoms with Crippen molar-refractivity contribution in [3.05, 3.63) is 40.8 Å². The van der Waals surface area contributed by atoms with Crippen LogP contribution in [0.3, 0.4) is 0 Å². The fourth-order valence-corrected chi connectivity index (χ4v) is 4.26. The van der Waals surface area contributed by atoms with E-state index >= 15 is 0 Å². The molecule has 5 nitrogen and oxygen atoms in total. The molecule has 0 saturated carbocycles. The summed E-state index contributed by atoms with van der Waals surface area (Å²) in [5.74, 6) is 1.29. The summed E-state index contributed by atoms with van der Waals surface area (Å²) in [6.45, 7) is 7.55. The number of imide groups is 1. The molecule has 2 aromatic carbocycles. The molecule has 154 valence electrons. The Hall–Kier alpha value is -2.47. The van der Waals surface area contributed by atoms with Crippen LogP contribution in [0.5, 0.6) is 11.5 Å². The quantitative estimate of drug-likeness (QED) is 0.380. The summed E-state index contributed by atoms with van der Waals surface area (Å²) in [6.07, 6.45) is 4.68. The van der Waals surface area contributed by atoms with Gasteiger partial charge in [-0.05, 0) is 55.8 Å². The van der Waals surface area contributed by atoms with E-state index in [2.05, 4.69) is 6.92 Å². The molecular weight excluding hydrogens is 386 g/mol. The largest absolute Gasteiger partial charge is 0.493 e. The second-order valence-corrected chi connectivity index (χ2v) is 7.73. The van der Waals surface area contributed by atoms with E-state index in [1.165, 1.54) is 4.90 Å². The fourth-order valence-electron chi connectivity index (χ4n) is 3.40. The van der Waals surface area contributed by atoms with Crippen molar-refractivity contribution in [3.63, 3.8) is 0 Å². The highest BCUT2D eigenvalue weighted by molar-refractivity contribution is 8.18. The van der Waals surface area contributed by atoms with Crippen molar-refractivity contribution < 1.29 is 19.1 Å². The number of benzene rings is 2. The monoisotopic (exact) mass is 413 g/mol. The Balaban J connectivity index is 2.02. The molecule has 0 N–H and O–H groups in total. The molecule has 1 aliphatic rings. The first-order valence-corrected chi connectivity index (χ1v) is 11.0. The molecule has 0 unspecified atom stereocenters. The van der Waals surface area contributed by atoms with Gasteiger partial charge in [0.05, 0.1) is 18.1 Å². The topological polar surface area (TPSA) is 55.8 Å². The van der Waals surface area contributed by atoms with Gasteiger partial charge in [-0.15, -0.1) is 0 Å². The summed E-state index contributed by atoms with van der Waals surface area (Å²) < 4.78 is 11.6. The van der Waals surface area contributed by atoms with Crippen LogP contribution in [0.25, 0.3) is 16.8 Å². The molecule has 3 rings (SSSR count). The summed E-state index contributed by atoms with van der Waals surface area (Å²) in [6, 6.07) is 9.65. The molecule has 29 heavy (non-hydrogen) atoms. The predicted octanol–water partition coefficient (Wildman–Crippen LogP) is 5.86. The van der Waals surface area contributed by atoms with Gasteiger partial charge in [0, 0.05) is 17.3 Å². The average Bonchev–Trinajstić information content (AvgIpc) is 2.97. The van der Waals surface area contributed by atoms with Crippen molar-refractivity contribution in [2.75, 3.05) is 19.8 Å². The van der Waals surface area contributed by atoms with E-state index in [9.17, 15) is 9.59 Å². The van der Waals surface area contributed by atoms with Crippen molar-refractivity contribution in [1.29, 1.82) is 0 Å². The van der Waals surface area contributed by atoms with E-state index in [0.717, 1.165) is 58.9 Å². The molecule has 1 aliphatic heterocycles. The number of nitrogens with zero attached hydrogens (tertiary/aromatic N) is 1. The van der Waals surface area contributed by atoms with Crippen molar-refractivity contribution in [2.24, 2.45) is 0 Å². The number of unbranched alkanes of at least 4 members (excludes halogenated alkanes) is 2. The molecule has 0 bridgehead atoms. The lowest BCUT2D eigenvalue weighted by molar-refractivity contribution is -0.122. The lowest BCUT2D eigenvalue weighted by Crippen LogP contribution is -2.29. The maximum Gasteiger partial charge on any atom is 0.293 e. The Labute approximate surface area is 176 Å². The van der Waals surface area contributed by atoms with E-state index in [1.807, 2.05) is 44.2 Å². The molecule has 2 amide bonds. The van der Waals surface area contributed by atoms with Crippen LogP contribution in [-0.2, 0) is 4.79 Å². The molecule has 1 fully saturated rings. The third-order valence-corrected chi connectivity index (χ3v) is 5.65. The summed E-state index contributed by atoms with van der Waals surface area (Å²) in [5.41, 5.74) is 0.839. The maximum atomic E-state index is 12.8. The van der Waals surface area contributed by atoms with E-state index in [1.54, 1.807) is 6.08 Å². The molecule has 0 atom stereocenters. The van der Waals surface area contributed by atoms with Crippen LogP contribution in [0.1, 0.15) is 45.6 Å². The molecular formula is C23H27NO4S. The number of rotatable bonds is 9. The SMILES string of the molecule is CCCCCN1C(=O)S/C(=C\c2ccc(OCC)c3cccc(OCC)c23)C1=O. The smallest absolute Gasteiger partial charge is 0.293 e. The molecule has 0 radical (unpaired) electrons. The van der Waals surface area contributed by atoms with Gasteiger partial charge in [0.25, 0.3) is 11.1 Å². The number of hydrogen-bond donors (Lipinski definition) is 0. The lowest BCUT2D eigenvalue weighted by Gasteiger charge is -2.14. The second kappa shape index (κ2) is 9.83. The first-order valence-electron chi connectivity index (χ1n) is 10.2. The summed E-state index contributed by atoms with van der Waals surface area (Å²) >= 11 is 1.00. The minimum atomic E-state index is -0.216. The van der Waals surface area contributed by atoms with Crippen molar-refractivity contribution >= 4 is 39.8 Å². The van der Waals surface area contributed by atoms with Gasteiger partial charge in [0.1, 0.15) is 11.5 Å². The zero-order valence-electron chi connectivity index (χ0n) is 17.2. The van der Waals surface area contributed by atoms with Crippen LogP contribution >= 0.6 is 11.8 Å². The third kappa shape index (κ3) is 4.58. The highest BCUT2D eigenvalue weighted by atomic mass is 32.2. The van der Waals surface area contributed by atoms with Crippen LogP contribution in [0.15, 0.2) is 35.2 Å². The van der Waals surface area contributed by atoms with Crippen molar-refractivity contribution in [1.82, 2.24) is 4.90 Å². The Kier molecular flexibility index (Phi) is 7.20. The third-order valence-electron chi connectivity index (χ3n) is 4.74. The van der Waals surface area contributed by atoms with Crippen LogP contribution in [0.4, 0.5) is 4.79 Å². The number of thioether (sulfide) groups is 1. The fraction of sp³-hybridized carbons (Fsp3) is 0.391. The number of ether oxygens (including phenoxy) is 2. The lowest BCUT2D eigenvalue weighted by atomic mass is 10.0. The van der Waals surface area contributed by atoms with Gasteiger partial charge >= 0.3 is 0 Å². The Morgan fingerprint density at radius 1 is 0.966 bits per heavy atom. The molecule has 2 aromatic rings. The highest BCUT2D eigenvalue weighted by Gasteiger charge is 2.34. The molecule has 0 aliphatic carbocycles. The maximum absolute atomic E-state index is 12.8. The van der Waals surface area contributed by atoms with Crippen LogP contribution in [0, 0.1) is 0 Å². The normalized spacial score (nSPS) is 15.6. The zero-order valence-corrected chi connectivity index (χ0v) is 18.0. The molecule has 1 heterocycles. The molecule has 1 saturated heterocycles. The highest BCUT2D eigenvalue weighted by Crippen LogP contribution is 2.39. The van der Waals surface area contributed by atoms with Gasteiger partial charge in [-0.3, -0.25) is 14.5 Å². The van der Waals surface area contributed by atoms with Crippen LogP contribution < -0.4 is 9.47 Å². The Morgan fingerprint density at radius 3 is 2.45 bits per heavy atom. The number of carbonyl (C=O) groups excluding carboxylic acids is 2. The van der Waals surface area contributed by atoms with Gasteiger partial charge in [0.2, 0.25) is 0 Å². The summed E-state index contributed by atoms with van der Waals surface area (Å²) in [4.78, 5) is 26.9. The summed E-state index contributed by atoms with van der Waals surface area (Å²) in [5, 5.41) is 1.62.